The molecule has 0 heterocycles. The van der Waals surface area contributed by atoms with Crippen molar-refractivity contribution in [3.63, 3.8) is 0 Å². The van der Waals surface area contributed by atoms with Crippen LogP contribution < -0.4 is 0 Å². The van der Waals surface area contributed by atoms with Crippen LogP contribution in [0.4, 0.5) is 0 Å². The summed E-state index contributed by atoms with van der Waals surface area (Å²) in [6.07, 6.45) is 17.0. The second-order valence-electron chi connectivity index (χ2n) is 15.4. The predicted octanol–water partition coefficient (Wildman–Crippen LogP) is 12.5. The zero-order valence-corrected chi connectivity index (χ0v) is 33.6. The molecule has 0 spiro atoms. The number of aromatic carboxylic acids is 2. The van der Waals surface area contributed by atoms with Gasteiger partial charge in [0.2, 0.25) is 0 Å². The quantitative estimate of drug-likeness (QED) is 0.0890. The van der Waals surface area contributed by atoms with Crippen molar-refractivity contribution in [2.24, 2.45) is 0 Å². The maximum atomic E-state index is 13.0. The first kappa shape index (κ1) is 39.5. The summed E-state index contributed by atoms with van der Waals surface area (Å²) >= 11 is 0. The molecule has 0 aliphatic heterocycles. The number of carboxylic acid groups (broad SMARTS) is 2. The van der Waals surface area contributed by atoms with E-state index in [1.165, 1.54) is 43.8 Å². The molecular formula is C48H64O4. The second kappa shape index (κ2) is 17.4. The van der Waals surface area contributed by atoms with Crippen LogP contribution in [-0.4, -0.2) is 22.2 Å². The SMILES string of the molecule is CCCc1c2c(c(CCC)c(C(=O)O)c1C(=O)O)Cc1c(c(CCC)c3cc4c(CCC)c(CCC)c(CCC)c(CCC)c4cc3c1CCC)C2. The first-order chi connectivity index (χ1) is 25.2. The van der Waals surface area contributed by atoms with E-state index in [0.717, 1.165) is 112 Å². The lowest BCUT2D eigenvalue weighted by Crippen LogP contribution is -2.24. The molecule has 4 aromatic rings. The molecule has 0 saturated heterocycles. The van der Waals surface area contributed by atoms with Crippen LogP contribution in [0.15, 0.2) is 12.1 Å². The van der Waals surface area contributed by atoms with E-state index in [9.17, 15) is 19.8 Å². The molecule has 1 aliphatic rings. The minimum absolute atomic E-state index is 0.0246. The van der Waals surface area contributed by atoms with Crippen LogP contribution in [0.5, 0.6) is 0 Å². The molecule has 4 aromatic carbocycles. The second-order valence-corrected chi connectivity index (χ2v) is 15.4. The number of carbonyl (C=O) groups is 2. The summed E-state index contributed by atoms with van der Waals surface area (Å²) in [4.78, 5) is 25.9. The maximum absolute atomic E-state index is 13.0. The molecule has 0 fully saturated rings. The van der Waals surface area contributed by atoms with Gasteiger partial charge >= 0.3 is 11.9 Å². The largest absolute Gasteiger partial charge is 0.478 e. The Morgan fingerprint density at radius 2 is 0.615 bits per heavy atom. The van der Waals surface area contributed by atoms with Crippen LogP contribution in [0.1, 0.15) is 194 Å². The van der Waals surface area contributed by atoms with Gasteiger partial charge < -0.3 is 10.2 Å². The third-order valence-corrected chi connectivity index (χ3v) is 11.7. The Hall–Kier alpha value is -3.66. The van der Waals surface area contributed by atoms with Crippen LogP contribution >= 0.6 is 0 Å². The van der Waals surface area contributed by atoms with Gasteiger partial charge in [0.15, 0.2) is 0 Å². The molecule has 1 aliphatic carbocycles. The van der Waals surface area contributed by atoms with Crippen LogP contribution in [0, 0.1) is 0 Å². The Labute approximate surface area is 313 Å². The van der Waals surface area contributed by atoms with E-state index in [4.69, 9.17) is 0 Å². The average molecular weight is 705 g/mol. The van der Waals surface area contributed by atoms with Crippen LogP contribution in [-0.2, 0) is 64.2 Å². The normalized spacial score (nSPS) is 12.5. The van der Waals surface area contributed by atoms with Crippen LogP contribution in [0.2, 0.25) is 0 Å². The molecule has 280 valence electrons. The molecule has 0 saturated carbocycles. The van der Waals surface area contributed by atoms with Crippen molar-refractivity contribution in [1.29, 1.82) is 0 Å². The van der Waals surface area contributed by atoms with Crippen molar-refractivity contribution in [3.8, 4) is 0 Å². The zero-order valence-electron chi connectivity index (χ0n) is 33.6. The molecule has 4 heteroatoms. The Morgan fingerprint density at radius 1 is 0.385 bits per heavy atom. The standard InChI is InChI=1S/C48H64O4/c1-9-17-29-30(18-10-2)32(20-12-4)38-26-40-34(22-14-6)42-28-44-36(24-16-8)46(48(51)52)45(47(49)50)35(23-15-7)43(44)27-41(42)33(21-13-5)39(40)25-37(38)31(29)19-11-3/h25-26H,9-24,27-28H2,1-8H3,(H,49,50)(H,51,52). The molecule has 0 amide bonds. The maximum Gasteiger partial charge on any atom is 0.336 e. The van der Waals surface area contributed by atoms with Gasteiger partial charge in [-0.2, -0.15) is 0 Å². The summed E-state index contributed by atoms with van der Waals surface area (Å²) in [5.74, 6) is -2.23. The van der Waals surface area contributed by atoms with Gasteiger partial charge in [0.05, 0.1) is 11.1 Å². The molecule has 0 atom stereocenters. The van der Waals surface area contributed by atoms with Gasteiger partial charge in [-0.25, -0.2) is 9.59 Å². The monoisotopic (exact) mass is 704 g/mol. The van der Waals surface area contributed by atoms with Gasteiger partial charge in [0.25, 0.3) is 0 Å². The molecule has 0 bridgehead atoms. The predicted molar refractivity (Wildman–Crippen MR) is 219 cm³/mol. The summed E-state index contributed by atoms with van der Waals surface area (Å²) in [6.45, 7) is 18.0. The number of benzene rings is 4. The minimum atomic E-state index is -1.12. The average Bonchev–Trinajstić information content (AvgIpc) is 3.12. The van der Waals surface area contributed by atoms with Gasteiger partial charge in [0.1, 0.15) is 0 Å². The summed E-state index contributed by atoms with van der Waals surface area (Å²) in [6, 6.07) is 5.19. The third kappa shape index (κ3) is 7.04. The lowest BCUT2D eigenvalue weighted by Gasteiger charge is -2.32. The fourth-order valence-electron chi connectivity index (χ4n) is 9.92. The highest BCUT2D eigenvalue weighted by Gasteiger charge is 2.34. The summed E-state index contributed by atoms with van der Waals surface area (Å²) in [5, 5.41) is 26.9. The van der Waals surface area contributed by atoms with Crippen molar-refractivity contribution in [1.82, 2.24) is 0 Å². The Bertz CT molecular complexity index is 1840. The lowest BCUT2D eigenvalue weighted by atomic mass is 9.71. The lowest BCUT2D eigenvalue weighted by molar-refractivity contribution is 0.0649. The van der Waals surface area contributed by atoms with Gasteiger partial charge in [0, 0.05) is 0 Å². The summed E-state index contributed by atoms with van der Waals surface area (Å²) < 4.78 is 0. The van der Waals surface area contributed by atoms with Gasteiger partial charge in [-0.1, -0.05) is 107 Å². The highest BCUT2D eigenvalue weighted by atomic mass is 16.4. The van der Waals surface area contributed by atoms with Gasteiger partial charge in [-0.15, -0.1) is 0 Å². The molecule has 5 rings (SSSR count). The van der Waals surface area contributed by atoms with Crippen molar-refractivity contribution >= 4 is 33.5 Å². The zero-order chi connectivity index (χ0) is 37.7. The molecule has 52 heavy (non-hydrogen) atoms. The number of aryl methyl sites for hydroxylation is 4. The number of hydrogen-bond acceptors (Lipinski definition) is 2. The highest BCUT2D eigenvalue weighted by molar-refractivity contribution is 6.07. The van der Waals surface area contributed by atoms with Crippen molar-refractivity contribution in [2.45, 2.75) is 171 Å². The summed E-state index contributed by atoms with van der Waals surface area (Å²) in [7, 11) is 0. The van der Waals surface area contributed by atoms with Crippen LogP contribution in [0.25, 0.3) is 21.5 Å². The molecular weight excluding hydrogens is 641 g/mol. The van der Waals surface area contributed by atoms with E-state index < -0.39 is 11.9 Å². The smallest absolute Gasteiger partial charge is 0.336 e. The molecule has 0 unspecified atom stereocenters. The fourth-order valence-corrected chi connectivity index (χ4v) is 9.92. The number of carboxylic acids is 2. The van der Waals surface area contributed by atoms with Gasteiger partial charge in [-0.05, 0) is 165 Å². The summed E-state index contributed by atoms with van der Waals surface area (Å²) in [5.41, 5.74) is 15.7. The first-order valence-corrected chi connectivity index (χ1v) is 20.9. The first-order valence-electron chi connectivity index (χ1n) is 20.9. The molecule has 4 nitrogen and oxygen atoms in total. The fraction of sp³-hybridized carbons (Fsp3) is 0.542. The highest BCUT2D eigenvalue weighted by Crippen LogP contribution is 2.45. The number of rotatable bonds is 18. The van der Waals surface area contributed by atoms with E-state index in [1.807, 2.05) is 0 Å². The Balaban J connectivity index is 1.99. The molecule has 0 radical (unpaired) electrons. The molecule has 2 N–H and O–H groups in total. The topological polar surface area (TPSA) is 74.6 Å². The van der Waals surface area contributed by atoms with E-state index in [-0.39, 0.29) is 11.1 Å². The number of fused-ring (bicyclic) bond motifs is 4. The van der Waals surface area contributed by atoms with Crippen molar-refractivity contribution in [2.75, 3.05) is 0 Å². The van der Waals surface area contributed by atoms with E-state index in [1.54, 1.807) is 22.3 Å². The minimum Gasteiger partial charge on any atom is -0.478 e. The third-order valence-electron chi connectivity index (χ3n) is 11.7. The van der Waals surface area contributed by atoms with Crippen molar-refractivity contribution < 1.29 is 19.8 Å². The van der Waals surface area contributed by atoms with E-state index >= 15 is 0 Å². The Kier molecular flexibility index (Phi) is 13.3. The van der Waals surface area contributed by atoms with Gasteiger partial charge in [-0.3, -0.25) is 0 Å². The Morgan fingerprint density at radius 3 is 0.904 bits per heavy atom. The molecule has 0 aromatic heterocycles. The van der Waals surface area contributed by atoms with E-state index in [2.05, 4.69) is 67.5 Å². The number of hydrogen-bond donors (Lipinski definition) is 2. The van der Waals surface area contributed by atoms with Crippen LogP contribution in [0.3, 0.4) is 0 Å². The van der Waals surface area contributed by atoms with Crippen molar-refractivity contribution in [3.05, 3.63) is 90.0 Å². The van der Waals surface area contributed by atoms with E-state index in [0.29, 0.717) is 25.7 Å².